The Bertz CT molecular complexity index is 277. The molecule has 0 saturated heterocycles. The van der Waals surface area contributed by atoms with Gasteiger partial charge < -0.3 is 0 Å². The highest BCUT2D eigenvalue weighted by Crippen LogP contribution is 2.16. The van der Waals surface area contributed by atoms with E-state index in [-0.39, 0.29) is 6.04 Å². The Labute approximate surface area is 85.9 Å². The molecular weight excluding hydrogens is 198 g/mol. The summed E-state index contributed by atoms with van der Waals surface area (Å²) in [6, 6.07) is 6.24. The van der Waals surface area contributed by atoms with Gasteiger partial charge in [-0.15, -0.1) is 0 Å². The van der Waals surface area contributed by atoms with Crippen molar-refractivity contribution in [2.75, 3.05) is 0 Å². The molecule has 0 unspecified atom stereocenters. The van der Waals surface area contributed by atoms with Gasteiger partial charge in [0, 0.05) is 0 Å². The van der Waals surface area contributed by atoms with Gasteiger partial charge in [0.15, 0.2) is 0 Å². The summed E-state index contributed by atoms with van der Waals surface area (Å²) in [5.41, 5.74) is 3.70. The van der Waals surface area contributed by atoms with E-state index in [1.165, 1.54) is 16.7 Å². The van der Waals surface area contributed by atoms with Crippen LogP contribution in [0.5, 0.6) is 0 Å². The molecule has 78 valence electrons. The van der Waals surface area contributed by atoms with Gasteiger partial charge in [0.25, 0.3) is 0 Å². The van der Waals surface area contributed by atoms with E-state index >= 15 is 0 Å². The molecule has 14 heavy (non-hydrogen) atoms. The fraction of sp³-hybridized carbons (Fsp3) is 0.455. The molecule has 0 N–H and O–H groups in total. The van der Waals surface area contributed by atoms with Gasteiger partial charge in [0.2, 0.25) is 0 Å². The summed E-state index contributed by atoms with van der Waals surface area (Å²) in [4.78, 5) is 0. The van der Waals surface area contributed by atoms with E-state index in [9.17, 15) is 8.22 Å². The van der Waals surface area contributed by atoms with E-state index in [4.69, 9.17) is 0 Å². The van der Waals surface area contributed by atoms with Crippen LogP contribution in [0.25, 0.3) is 0 Å². The Hall–Kier alpha value is -0.703. The van der Waals surface area contributed by atoms with Crippen LogP contribution in [0.15, 0.2) is 18.2 Å². The summed E-state index contributed by atoms with van der Waals surface area (Å²) in [6.07, 6.45) is 1.44. The molecule has 3 heteroatoms. The Kier molecular flexibility index (Phi) is 4.26. The second-order valence-corrected chi connectivity index (χ2v) is 5.01. The Morgan fingerprint density at radius 3 is 2.21 bits per heavy atom. The van der Waals surface area contributed by atoms with E-state index in [1.807, 2.05) is 32.0 Å². The maximum Gasteiger partial charge on any atom is 0.411 e. The topological polar surface area (TPSA) is 0 Å². The zero-order chi connectivity index (χ0) is 10.6. The molecule has 0 aliphatic rings. The third kappa shape index (κ3) is 3.22. The van der Waals surface area contributed by atoms with Crippen LogP contribution in [-0.2, 0) is 6.42 Å². The van der Waals surface area contributed by atoms with Gasteiger partial charge in [0.1, 0.15) is 0 Å². The zero-order valence-corrected chi connectivity index (χ0v) is 9.84. The van der Waals surface area contributed by atoms with E-state index in [1.54, 1.807) is 0 Å². The molecule has 0 atom stereocenters. The largest absolute Gasteiger partial charge is 0.411 e. The minimum atomic E-state index is -3.34. The molecule has 0 spiro atoms. The molecule has 0 radical (unpaired) electrons. The molecule has 0 amide bonds. The van der Waals surface area contributed by atoms with Crippen molar-refractivity contribution in [1.82, 2.24) is 0 Å². The van der Waals surface area contributed by atoms with Crippen molar-refractivity contribution in [2.24, 2.45) is 0 Å². The quantitative estimate of drug-likeness (QED) is 0.532. The predicted octanol–water partition coefficient (Wildman–Crippen LogP) is 3.40. The first-order valence-corrected chi connectivity index (χ1v) is 6.63. The van der Waals surface area contributed by atoms with Crippen LogP contribution < -0.4 is 0 Å². The zero-order valence-electron chi connectivity index (χ0n) is 8.69. The first kappa shape index (κ1) is 11.4. The Morgan fingerprint density at radius 1 is 1.14 bits per heavy atom. The fourth-order valence-corrected chi connectivity index (χ4v) is 2.19. The number of hydrogen-bond acceptors (Lipinski definition) is 0. The summed E-state index contributed by atoms with van der Waals surface area (Å²) in [5.74, 6) is 0. The van der Waals surface area contributed by atoms with Gasteiger partial charge in [-0.3, -0.25) is 8.22 Å². The monoisotopic (exact) mass is 214 g/mol. The number of benzene rings is 1. The molecule has 0 heterocycles. The van der Waals surface area contributed by atoms with Crippen LogP contribution in [0.3, 0.4) is 0 Å². The van der Waals surface area contributed by atoms with Crippen LogP contribution in [0.2, 0.25) is 6.04 Å². The van der Waals surface area contributed by atoms with Crippen molar-refractivity contribution < 1.29 is 8.22 Å². The van der Waals surface area contributed by atoms with Crippen LogP contribution in [0, 0.1) is 13.8 Å². The van der Waals surface area contributed by atoms with Crippen molar-refractivity contribution in [1.29, 1.82) is 0 Å². The molecule has 0 fully saturated rings. The first-order chi connectivity index (χ1) is 6.61. The lowest BCUT2D eigenvalue weighted by molar-refractivity contribution is 0.641. The lowest BCUT2D eigenvalue weighted by Crippen LogP contribution is -1.99. The molecule has 0 bridgehead atoms. The molecule has 0 nitrogen and oxygen atoms in total. The van der Waals surface area contributed by atoms with Crippen LogP contribution >= 0.6 is 0 Å². The average molecular weight is 214 g/mol. The van der Waals surface area contributed by atoms with E-state index < -0.39 is 9.46 Å². The van der Waals surface area contributed by atoms with Crippen molar-refractivity contribution in [3.63, 3.8) is 0 Å². The lowest BCUT2D eigenvalue weighted by atomic mass is 9.99. The highest BCUT2D eigenvalue weighted by atomic mass is 28.4. The first-order valence-electron chi connectivity index (χ1n) is 4.94. The summed E-state index contributed by atoms with van der Waals surface area (Å²) < 4.78 is 24.2. The molecule has 0 aromatic heterocycles. The number of rotatable bonds is 4. The van der Waals surface area contributed by atoms with Crippen LogP contribution in [0.1, 0.15) is 23.1 Å². The maximum absolute atomic E-state index is 12.1. The molecule has 1 aromatic rings. The highest BCUT2D eigenvalue weighted by molar-refractivity contribution is 6.42. The van der Waals surface area contributed by atoms with Gasteiger partial charge in [-0.1, -0.05) is 18.2 Å². The number of halogens is 2. The van der Waals surface area contributed by atoms with Crippen molar-refractivity contribution in [3.8, 4) is 0 Å². The highest BCUT2D eigenvalue weighted by Gasteiger charge is 2.08. The van der Waals surface area contributed by atoms with Gasteiger partial charge in [-0.2, -0.15) is 0 Å². The lowest BCUT2D eigenvalue weighted by Gasteiger charge is -2.08. The average Bonchev–Trinajstić information content (AvgIpc) is 2.09. The molecule has 0 aliphatic carbocycles. The van der Waals surface area contributed by atoms with Gasteiger partial charge in [-0.25, -0.2) is 0 Å². The molecule has 1 rings (SSSR count). The van der Waals surface area contributed by atoms with Crippen molar-refractivity contribution >= 4 is 9.46 Å². The van der Waals surface area contributed by atoms with Crippen molar-refractivity contribution in [2.45, 2.75) is 32.7 Å². The van der Waals surface area contributed by atoms with E-state index in [2.05, 4.69) is 0 Å². The molecule has 0 aliphatic heterocycles. The fourth-order valence-electron chi connectivity index (χ4n) is 1.68. The Morgan fingerprint density at radius 2 is 1.71 bits per heavy atom. The van der Waals surface area contributed by atoms with Crippen molar-refractivity contribution in [3.05, 3.63) is 34.9 Å². The van der Waals surface area contributed by atoms with Crippen LogP contribution in [-0.4, -0.2) is 9.46 Å². The van der Waals surface area contributed by atoms with Gasteiger partial charge >= 0.3 is 9.46 Å². The minimum Gasteiger partial charge on any atom is -0.275 e. The molecule has 0 saturated carbocycles. The second-order valence-electron chi connectivity index (χ2n) is 3.65. The van der Waals surface area contributed by atoms with E-state index in [0.29, 0.717) is 6.42 Å². The summed E-state index contributed by atoms with van der Waals surface area (Å²) in [7, 11) is -3.34. The number of aryl methyl sites for hydroxylation is 2. The second kappa shape index (κ2) is 5.25. The SMILES string of the molecule is Cc1cccc(C)c1CCC[SiH](F)F. The molecule has 1 aromatic carbocycles. The van der Waals surface area contributed by atoms with Gasteiger partial charge in [-0.05, 0) is 49.4 Å². The van der Waals surface area contributed by atoms with Crippen LogP contribution in [0.4, 0.5) is 8.22 Å². The smallest absolute Gasteiger partial charge is 0.275 e. The minimum absolute atomic E-state index is 0.147. The molecular formula is C11H16F2Si. The number of hydrogen-bond donors (Lipinski definition) is 0. The standard InChI is InChI=1S/C11H16F2Si/c1-9-5-3-6-10(2)11(9)7-4-8-14(12)13/h3,5-6,14H,4,7-8H2,1-2H3. The summed E-state index contributed by atoms with van der Waals surface area (Å²) in [5, 5.41) is 0. The van der Waals surface area contributed by atoms with Gasteiger partial charge in [0.05, 0.1) is 0 Å². The third-order valence-electron chi connectivity index (χ3n) is 2.49. The van der Waals surface area contributed by atoms with E-state index in [0.717, 1.165) is 6.42 Å². The summed E-state index contributed by atoms with van der Waals surface area (Å²) in [6.45, 7) is 4.09. The third-order valence-corrected chi connectivity index (χ3v) is 3.34. The summed E-state index contributed by atoms with van der Waals surface area (Å²) >= 11 is 0. The predicted molar refractivity (Wildman–Crippen MR) is 58.4 cm³/mol. The maximum atomic E-state index is 12.1. The normalized spacial score (nSPS) is 10.9. The Balaban J connectivity index is 2.58.